The summed E-state index contributed by atoms with van der Waals surface area (Å²) in [6.45, 7) is 1.84. The van der Waals surface area contributed by atoms with Crippen LogP contribution in [0.2, 0.25) is 0 Å². The monoisotopic (exact) mass is 1880 g/mol. The van der Waals surface area contributed by atoms with Gasteiger partial charge in [0, 0.05) is 53.5 Å². The molecule has 26 heteroatoms. The Labute approximate surface area is 795 Å². The normalized spacial score (nSPS) is 12.0. The predicted molar refractivity (Wildman–Crippen MR) is 516 cm³/mol. The lowest BCUT2D eigenvalue weighted by atomic mass is 10.0. The lowest BCUT2D eigenvalue weighted by Crippen LogP contribution is -2.33. The van der Waals surface area contributed by atoms with Crippen LogP contribution in [-0.4, -0.2) is 131 Å². The minimum Gasteiger partial charge on any atom is -0.462 e. The van der Waals surface area contributed by atoms with Crippen LogP contribution in [0.25, 0.3) is 10.8 Å². The van der Waals surface area contributed by atoms with E-state index in [-0.39, 0.29) is 94.8 Å². The number of hydrogen-bond donors (Lipinski definition) is 0. The van der Waals surface area contributed by atoms with E-state index in [4.69, 9.17) is 23.7 Å². The Morgan fingerprint density at radius 1 is 0.281 bits per heavy atom. The molecule has 4 amide bonds. The second-order valence-electron chi connectivity index (χ2n) is 30.5. The van der Waals surface area contributed by atoms with E-state index in [9.17, 15) is 67.1 Å². The highest BCUT2D eigenvalue weighted by Gasteiger charge is 2.38. The third-order valence-corrected chi connectivity index (χ3v) is 26.1. The summed E-state index contributed by atoms with van der Waals surface area (Å²) in [6, 6.07) is 94.4. The van der Waals surface area contributed by atoms with Gasteiger partial charge in [-0.2, -0.15) is 0 Å². The molecule has 0 saturated heterocycles. The molecule has 0 saturated carbocycles. The fourth-order valence-corrected chi connectivity index (χ4v) is 18.5. The van der Waals surface area contributed by atoms with Crippen LogP contribution in [0.1, 0.15) is 197 Å². The highest BCUT2D eigenvalue weighted by molar-refractivity contribution is 7.13. The molecule has 0 unspecified atom stereocenters. The number of ketones is 5. The van der Waals surface area contributed by atoms with Crippen molar-refractivity contribution in [2.75, 3.05) is 33.1 Å². The third kappa shape index (κ3) is 22.8. The number of thiophene rings is 5. The maximum atomic E-state index is 12.7. The summed E-state index contributed by atoms with van der Waals surface area (Å²) in [4.78, 5) is 180. The number of ether oxygens (including phenoxy) is 5. The number of imide groups is 2. The Hall–Kier alpha value is -15.8. The second kappa shape index (κ2) is 44.9. The summed E-state index contributed by atoms with van der Waals surface area (Å²) < 4.78 is 27.0. The van der Waals surface area contributed by atoms with Gasteiger partial charge in [-0.05, 0) is 152 Å². The summed E-state index contributed by atoms with van der Waals surface area (Å²) in [5.41, 5.74) is 9.87. The van der Waals surface area contributed by atoms with Gasteiger partial charge in [0.05, 0.1) is 94.2 Å². The van der Waals surface area contributed by atoms with Crippen LogP contribution in [0.15, 0.2) is 348 Å². The van der Waals surface area contributed by atoms with Crippen molar-refractivity contribution in [2.24, 2.45) is 0 Å². The third-order valence-electron chi connectivity index (χ3n) is 21.7. The molecule has 5 aromatic heterocycles. The largest absolute Gasteiger partial charge is 0.462 e. The topological polar surface area (TPSA) is 292 Å². The zero-order chi connectivity index (χ0) is 94.3. The summed E-state index contributed by atoms with van der Waals surface area (Å²) in [5, 5.41) is 11.5. The summed E-state index contributed by atoms with van der Waals surface area (Å²) in [5.74, 6) is -5.67. The van der Waals surface area contributed by atoms with E-state index < -0.39 is 60.2 Å². The maximum Gasteiger partial charge on any atom is 0.340 e. The molecule has 11 aromatic carbocycles. The first-order chi connectivity index (χ1) is 65.7. The van der Waals surface area contributed by atoms with E-state index in [1.54, 1.807) is 211 Å². The Balaban J connectivity index is 0.000000129. The smallest absolute Gasteiger partial charge is 0.340 e. The van der Waals surface area contributed by atoms with Gasteiger partial charge in [0.1, 0.15) is 12.7 Å². The molecule has 0 spiro atoms. The lowest BCUT2D eigenvalue weighted by molar-refractivity contribution is 0.0222. The van der Waals surface area contributed by atoms with Gasteiger partial charge in [-0.1, -0.05) is 242 Å². The van der Waals surface area contributed by atoms with Crippen LogP contribution >= 0.6 is 56.7 Å². The number of carbonyl (C=O) groups excluding carboxylic acids is 14. The summed E-state index contributed by atoms with van der Waals surface area (Å²) >= 11 is 6.66. The van der Waals surface area contributed by atoms with Gasteiger partial charge in [-0.25, -0.2) is 28.9 Å². The molecule has 0 fully saturated rings. The van der Waals surface area contributed by atoms with Crippen LogP contribution in [0.4, 0.5) is 0 Å². The Kier molecular flexibility index (Phi) is 31.2. The highest BCUT2D eigenvalue weighted by Crippen LogP contribution is 2.31. The van der Waals surface area contributed by atoms with E-state index in [0.717, 1.165) is 33.8 Å². The Bertz CT molecular complexity index is 7030. The number of carbonyl (C=O) groups is 14. The zero-order valence-corrected chi connectivity index (χ0v) is 76.2. The van der Waals surface area contributed by atoms with E-state index in [0.29, 0.717) is 81.7 Å². The molecule has 16 aromatic rings. The van der Waals surface area contributed by atoms with Crippen LogP contribution in [0.5, 0.6) is 0 Å². The van der Waals surface area contributed by atoms with E-state index >= 15 is 0 Å². The van der Waals surface area contributed by atoms with Crippen LogP contribution in [0, 0.1) is 6.92 Å². The minimum absolute atomic E-state index is 0.0564. The molecular weight excluding hydrogens is 1800 g/mol. The van der Waals surface area contributed by atoms with Gasteiger partial charge in [-0.3, -0.25) is 48.1 Å². The number of aryl methyl sites for hydroxylation is 1. The Morgan fingerprint density at radius 3 is 0.941 bits per heavy atom. The molecule has 135 heavy (non-hydrogen) atoms. The first kappa shape index (κ1) is 93.8. The van der Waals surface area contributed by atoms with Gasteiger partial charge in [0.15, 0.2) is 6.73 Å². The van der Waals surface area contributed by atoms with E-state index in [1.165, 1.54) is 96.3 Å². The number of hydrogen-bond acceptors (Lipinski definition) is 24. The molecular formula is C109H80N2O19S5. The molecule has 0 atom stereocenters. The average molecular weight is 1880 g/mol. The predicted octanol–water partition coefficient (Wildman–Crippen LogP) is 21.3. The fourth-order valence-electron chi connectivity index (χ4n) is 15.1. The van der Waals surface area contributed by atoms with Crippen molar-refractivity contribution in [2.45, 2.75) is 38.7 Å². The molecule has 0 bridgehead atoms. The first-order valence-corrected chi connectivity index (χ1v) is 46.9. The number of amides is 4. The molecule has 7 heterocycles. The SMILES string of the molecule is Cc1cccc(CCOC(=O)c2ccccc2C(=O)c2cccs2)c1.O=C(OC1Cc2ccccc2C1)c1ccccc1C(=O)c1cccs1.O=C(OCCN1C(=O)c2ccccc2C1=O)c1ccccc1C(=O)c1cccs1.O=C(OCCc1ccc2ccccc2c1)c1ccccc1C(=O)c1cccs1.O=C(OCN1C(=O)c2ccccc2C1=O)c1ccccc1C(=O)c1cccs1. The minimum atomic E-state index is -0.780. The van der Waals surface area contributed by atoms with Crippen molar-refractivity contribution in [3.8, 4) is 0 Å². The van der Waals surface area contributed by atoms with Crippen molar-refractivity contribution in [1.82, 2.24) is 9.80 Å². The second-order valence-corrected chi connectivity index (χ2v) is 35.2. The van der Waals surface area contributed by atoms with Crippen molar-refractivity contribution in [3.05, 3.63) is 479 Å². The van der Waals surface area contributed by atoms with Gasteiger partial charge in [0.2, 0.25) is 28.9 Å². The summed E-state index contributed by atoms with van der Waals surface area (Å²) in [6.07, 6.45) is 2.55. The van der Waals surface area contributed by atoms with Crippen LogP contribution in [0.3, 0.4) is 0 Å². The molecule has 1 aliphatic carbocycles. The number of rotatable bonds is 27. The molecule has 19 rings (SSSR count). The maximum absolute atomic E-state index is 12.7. The van der Waals surface area contributed by atoms with Gasteiger partial charge < -0.3 is 23.7 Å². The van der Waals surface area contributed by atoms with Gasteiger partial charge in [0.25, 0.3) is 23.6 Å². The number of nitrogens with zero attached hydrogens (tertiary/aromatic N) is 2. The number of benzene rings is 11. The lowest BCUT2D eigenvalue weighted by Gasteiger charge is -2.14. The first-order valence-electron chi connectivity index (χ1n) is 42.5. The molecule has 0 radical (unpaired) electrons. The molecule has 2 aliphatic heterocycles. The van der Waals surface area contributed by atoms with E-state index in [2.05, 4.69) is 42.5 Å². The Morgan fingerprint density at radius 2 is 0.585 bits per heavy atom. The van der Waals surface area contributed by atoms with E-state index in [1.807, 2.05) is 89.8 Å². The number of fused-ring (bicyclic) bond motifs is 4. The van der Waals surface area contributed by atoms with Crippen molar-refractivity contribution in [1.29, 1.82) is 0 Å². The molecule has 21 nitrogen and oxygen atoms in total. The van der Waals surface area contributed by atoms with Gasteiger partial charge in [-0.15, -0.1) is 56.7 Å². The average Bonchev–Trinajstić information content (AvgIpc) is 1.60. The van der Waals surface area contributed by atoms with Crippen LogP contribution in [-0.2, 0) is 49.4 Å². The number of esters is 5. The zero-order valence-electron chi connectivity index (χ0n) is 72.1. The quantitative estimate of drug-likeness (QED) is 0.0200. The van der Waals surface area contributed by atoms with Crippen molar-refractivity contribution in [3.63, 3.8) is 0 Å². The molecule has 3 aliphatic rings. The highest BCUT2D eigenvalue weighted by atomic mass is 32.1. The van der Waals surface area contributed by atoms with Crippen molar-refractivity contribution < 1.29 is 90.8 Å². The molecule has 0 N–H and O–H groups in total. The van der Waals surface area contributed by atoms with Crippen LogP contribution < -0.4 is 0 Å². The van der Waals surface area contributed by atoms with Crippen molar-refractivity contribution >= 4 is 150 Å². The fraction of sp³-hybridized carbons (Fsp3) is 0.101. The molecule has 670 valence electrons. The summed E-state index contributed by atoms with van der Waals surface area (Å²) in [7, 11) is 0. The van der Waals surface area contributed by atoms with Gasteiger partial charge >= 0.3 is 29.8 Å². The standard InChI is InChI=1S/C24H18O3S.C22H15NO5S.C21H13NO5S.C21H16O3S.C21H18O3S/c25-23(22-10-5-15-28-22)20-8-3-4-9-21(20)24(26)27-14-13-17-11-12-18-6-1-2-7-19(18)16-17;24-19(18-10-5-13-29-18)14-6-1-4-9-17(14)22(27)28-12-11-23-20(25)15-7-2-3-8-16(15)21(23)26;23-18(17-10-5-11-28-17)13-6-1-4-9-16(13)21(26)27-12-22-19(24)14-7-2-3-8-15(14)20(22)25;22-20(19-10-5-11-25-19)17-8-3-4-9-18(17)21(23)24-16-12-14-6-1-2-7-15(14)13-16;1-15-6-4-7-16(14-15)11-12-24-21(23)18-9-3-2-8-17(18)20(22)19-10-5-13-25-19/h1-12,15-16H,13-14H2;1-10,13H,11-12H2;1-11H,12H2;1-11,16H,12-13H2;2-10,13-14H,11-12H2,1H3.